The number of aromatic nitrogens is 1. The van der Waals surface area contributed by atoms with E-state index >= 15 is 0 Å². The van der Waals surface area contributed by atoms with Crippen LogP contribution in [0.1, 0.15) is 18.7 Å². The van der Waals surface area contributed by atoms with E-state index in [0.717, 1.165) is 21.6 Å². The van der Waals surface area contributed by atoms with E-state index in [1.54, 1.807) is 0 Å². The maximum absolute atomic E-state index is 6.08. The largest absolute Gasteiger partial charge is 0.357 e. The van der Waals surface area contributed by atoms with Crippen molar-refractivity contribution < 1.29 is 0 Å². The van der Waals surface area contributed by atoms with Gasteiger partial charge in [-0.2, -0.15) is 0 Å². The van der Waals surface area contributed by atoms with E-state index in [4.69, 9.17) is 11.6 Å². The molecule has 2 aromatic rings. The molecule has 1 heterocycles. The van der Waals surface area contributed by atoms with Crippen LogP contribution in [0.5, 0.6) is 0 Å². The first-order valence-corrected chi connectivity index (χ1v) is 5.04. The number of hydrogen-bond acceptors (Lipinski definition) is 1. The average Bonchev–Trinajstić information content (AvgIpc) is 2.62. The summed E-state index contributed by atoms with van der Waals surface area (Å²) in [6.07, 6.45) is 0. The Kier molecular flexibility index (Phi) is 2.48. The lowest BCUT2D eigenvalue weighted by Crippen LogP contribution is -2.12. The van der Waals surface area contributed by atoms with Crippen LogP contribution in [0.3, 0.4) is 0 Å². The average molecular weight is 209 g/mol. The molecule has 0 spiro atoms. The Labute approximate surface area is 88.3 Å². The summed E-state index contributed by atoms with van der Waals surface area (Å²) in [4.78, 5) is 3.34. The molecular formula is C11H13ClN2. The molecule has 1 aromatic carbocycles. The number of hydrogen-bond donors (Lipinski definition) is 2. The summed E-state index contributed by atoms with van der Waals surface area (Å²) in [7, 11) is 1.94. The molecule has 3 heteroatoms. The van der Waals surface area contributed by atoms with Gasteiger partial charge in [0.05, 0.1) is 0 Å². The van der Waals surface area contributed by atoms with Crippen LogP contribution in [-0.2, 0) is 0 Å². The van der Waals surface area contributed by atoms with Gasteiger partial charge in [-0.3, -0.25) is 0 Å². The molecule has 0 saturated heterocycles. The Balaban J connectivity index is 2.56. The lowest BCUT2D eigenvalue weighted by atomic mass is 10.2. The van der Waals surface area contributed by atoms with Gasteiger partial charge in [0.25, 0.3) is 0 Å². The highest BCUT2D eigenvalue weighted by molar-refractivity contribution is 6.35. The van der Waals surface area contributed by atoms with Gasteiger partial charge in [-0.15, -0.1) is 0 Å². The first kappa shape index (κ1) is 9.56. The van der Waals surface area contributed by atoms with Crippen LogP contribution in [0.2, 0.25) is 5.02 Å². The third kappa shape index (κ3) is 1.51. The molecule has 14 heavy (non-hydrogen) atoms. The monoisotopic (exact) mass is 208 g/mol. The molecule has 1 atom stereocenters. The Morgan fingerprint density at radius 3 is 2.86 bits per heavy atom. The first-order valence-electron chi connectivity index (χ1n) is 4.67. The summed E-state index contributed by atoms with van der Waals surface area (Å²) < 4.78 is 0. The molecule has 1 unspecified atom stereocenters. The van der Waals surface area contributed by atoms with Crippen molar-refractivity contribution >= 4 is 22.5 Å². The van der Waals surface area contributed by atoms with Crippen molar-refractivity contribution in [3.8, 4) is 0 Å². The van der Waals surface area contributed by atoms with Gasteiger partial charge < -0.3 is 10.3 Å². The molecule has 0 radical (unpaired) electrons. The van der Waals surface area contributed by atoms with Gasteiger partial charge >= 0.3 is 0 Å². The normalized spacial score (nSPS) is 13.4. The summed E-state index contributed by atoms with van der Waals surface area (Å²) in [5, 5.41) is 5.08. The summed E-state index contributed by atoms with van der Waals surface area (Å²) >= 11 is 6.08. The lowest BCUT2D eigenvalue weighted by Gasteiger charge is -2.05. The van der Waals surface area contributed by atoms with Crippen molar-refractivity contribution in [3.05, 3.63) is 35.0 Å². The highest BCUT2D eigenvalue weighted by Crippen LogP contribution is 2.26. The molecule has 2 nitrogen and oxygen atoms in total. The highest BCUT2D eigenvalue weighted by Gasteiger charge is 2.07. The number of halogens is 1. The van der Waals surface area contributed by atoms with Crippen LogP contribution < -0.4 is 5.32 Å². The summed E-state index contributed by atoms with van der Waals surface area (Å²) in [6, 6.07) is 8.31. The van der Waals surface area contributed by atoms with Crippen molar-refractivity contribution in [2.45, 2.75) is 13.0 Å². The quantitative estimate of drug-likeness (QED) is 0.780. The number of benzene rings is 1. The van der Waals surface area contributed by atoms with Gasteiger partial charge in [0.2, 0.25) is 0 Å². The van der Waals surface area contributed by atoms with E-state index in [1.807, 2.05) is 25.2 Å². The zero-order chi connectivity index (χ0) is 10.1. The van der Waals surface area contributed by atoms with Crippen LogP contribution in [0.25, 0.3) is 10.9 Å². The molecule has 0 fully saturated rings. The van der Waals surface area contributed by atoms with Gasteiger partial charge in [-0.25, -0.2) is 0 Å². The number of nitrogens with one attached hydrogen (secondary N) is 2. The van der Waals surface area contributed by atoms with Crippen molar-refractivity contribution in [3.63, 3.8) is 0 Å². The molecule has 2 rings (SSSR count). The fourth-order valence-corrected chi connectivity index (χ4v) is 1.76. The van der Waals surface area contributed by atoms with Crippen LogP contribution in [0.4, 0.5) is 0 Å². The molecule has 2 N–H and O–H groups in total. The number of fused-ring (bicyclic) bond motifs is 1. The number of H-pyrrole nitrogens is 1. The second-order valence-corrected chi connectivity index (χ2v) is 3.84. The predicted molar refractivity (Wildman–Crippen MR) is 60.8 cm³/mol. The topological polar surface area (TPSA) is 27.8 Å². The van der Waals surface area contributed by atoms with Crippen LogP contribution in [0, 0.1) is 0 Å². The van der Waals surface area contributed by atoms with Gasteiger partial charge in [-0.05, 0) is 32.2 Å². The van der Waals surface area contributed by atoms with Gasteiger partial charge in [0.15, 0.2) is 0 Å². The SMILES string of the molecule is CNC(C)c1cc2c(Cl)cccc2[nH]1. The standard InChI is InChI=1S/C11H13ClN2/c1-7(13-2)11-6-8-9(12)4-3-5-10(8)14-11/h3-7,13-14H,1-2H3. The first-order chi connectivity index (χ1) is 6.72. The highest BCUT2D eigenvalue weighted by atomic mass is 35.5. The predicted octanol–water partition coefficient (Wildman–Crippen LogP) is 3.10. The molecule has 1 aromatic heterocycles. The number of rotatable bonds is 2. The Hall–Kier alpha value is -0.990. The molecule has 0 bridgehead atoms. The van der Waals surface area contributed by atoms with Crippen molar-refractivity contribution in [2.75, 3.05) is 7.05 Å². The van der Waals surface area contributed by atoms with Crippen molar-refractivity contribution in [1.29, 1.82) is 0 Å². The van der Waals surface area contributed by atoms with Gasteiger partial charge in [-0.1, -0.05) is 17.7 Å². The van der Waals surface area contributed by atoms with E-state index in [1.165, 1.54) is 0 Å². The van der Waals surface area contributed by atoms with Crippen molar-refractivity contribution in [1.82, 2.24) is 10.3 Å². The Bertz CT molecular complexity index is 447. The lowest BCUT2D eigenvalue weighted by molar-refractivity contribution is 0.638. The van der Waals surface area contributed by atoms with E-state index in [9.17, 15) is 0 Å². The maximum atomic E-state index is 6.08. The molecule has 74 valence electrons. The second-order valence-electron chi connectivity index (χ2n) is 3.44. The third-order valence-corrected chi connectivity index (χ3v) is 2.86. The summed E-state index contributed by atoms with van der Waals surface area (Å²) in [6.45, 7) is 2.11. The zero-order valence-corrected chi connectivity index (χ0v) is 9.02. The Morgan fingerprint density at radius 1 is 1.43 bits per heavy atom. The Morgan fingerprint density at radius 2 is 2.21 bits per heavy atom. The fourth-order valence-electron chi connectivity index (χ4n) is 1.53. The smallest absolute Gasteiger partial charge is 0.0499 e. The minimum atomic E-state index is 0.318. The van der Waals surface area contributed by atoms with Crippen LogP contribution in [0.15, 0.2) is 24.3 Å². The van der Waals surface area contributed by atoms with Gasteiger partial charge in [0, 0.05) is 27.7 Å². The third-order valence-electron chi connectivity index (χ3n) is 2.53. The molecule has 0 aliphatic rings. The summed E-state index contributed by atoms with van der Waals surface area (Å²) in [5.41, 5.74) is 2.25. The molecule has 0 aliphatic carbocycles. The number of aromatic amines is 1. The second kappa shape index (κ2) is 3.64. The minimum absolute atomic E-state index is 0.318. The minimum Gasteiger partial charge on any atom is -0.357 e. The molecule has 0 saturated carbocycles. The maximum Gasteiger partial charge on any atom is 0.0499 e. The fraction of sp³-hybridized carbons (Fsp3) is 0.273. The van der Waals surface area contributed by atoms with E-state index in [-0.39, 0.29) is 0 Å². The van der Waals surface area contributed by atoms with E-state index < -0.39 is 0 Å². The van der Waals surface area contributed by atoms with Crippen LogP contribution in [-0.4, -0.2) is 12.0 Å². The van der Waals surface area contributed by atoms with Crippen LogP contribution >= 0.6 is 11.6 Å². The zero-order valence-electron chi connectivity index (χ0n) is 8.26. The van der Waals surface area contributed by atoms with Crippen molar-refractivity contribution in [2.24, 2.45) is 0 Å². The molecule has 0 aliphatic heterocycles. The van der Waals surface area contributed by atoms with Gasteiger partial charge in [0.1, 0.15) is 0 Å². The van der Waals surface area contributed by atoms with E-state index in [2.05, 4.69) is 23.3 Å². The molecular weight excluding hydrogens is 196 g/mol. The summed E-state index contributed by atoms with van der Waals surface area (Å²) in [5.74, 6) is 0. The molecule has 0 amide bonds. The van der Waals surface area contributed by atoms with E-state index in [0.29, 0.717) is 6.04 Å².